The number of nitrogens with one attached hydrogen (secondary N) is 2. The Hall–Kier alpha value is -3.05. The van der Waals surface area contributed by atoms with Crippen LogP contribution in [0.15, 0.2) is 67.0 Å². The van der Waals surface area contributed by atoms with Gasteiger partial charge in [0.25, 0.3) is 5.91 Å². The molecule has 0 spiro atoms. The third-order valence-electron chi connectivity index (χ3n) is 4.30. The third-order valence-corrected chi connectivity index (χ3v) is 4.55. The molecule has 0 bridgehead atoms. The van der Waals surface area contributed by atoms with Crippen molar-refractivity contribution < 1.29 is 4.79 Å². The van der Waals surface area contributed by atoms with Crippen molar-refractivity contribution >= 4 is 34.6 Å². The second kappa shape index (κ2) is 9.24. The first-order valence-corrected chi connectivity index (χ1v) is 9.41. The van der Waals surface area contributed by atoms with E-state index >= 15 is 0 Å². The molecule has 0 fully saturated rings. The molecular weight excluding hydrogens is 372 g/mol. The highest BCUT2D eigenvalue weighted by Crippen LogP contribution is 2.17. The summed E-state index contributed by atoms with van der Waals surface area (Å²) in [5.41, 5.74) is 4.33. The minimum absolute atomic E-state index is 0.188. The van der Waals surface area contributed by atoms with Gasteiger partial charge < -0.3 is 15.5 Å². The molecule has 2 aromatic carbocycles. The van der Waals surface area contributed by atoms with E-state index < -0.39 is 0 Å². The van der Waals surface area contributed by atoms with Crippen LogP contribution in [-0.2, 0) is 6.42 Å². The van der Waals surface area contributed by atoms with E-state index in [0.29, 0.717) is 5.56 Å². The minimum Gasteiger partial charge on any atom is -0.383 e. The molecule has 1 amide bonds. The van der Waals surface area contributed by atoms with Crippen molar-refractivity contribution in [2.75, 3.05) is 36.2 Å². The van der Waals surface area contributed by atoms with Gasteiger partial charge in [-0.15, -0.1) is 0 Å². The molecule has 0 saturated heterocycles. The van der Waals surface area contributed by atoms with Crippen LogP contribution >= 0.6 is 11.6 Å². The maximum Gasteiger partial charge on any atom is 0.257 e. The van der Waals surface area contributed by atoms with Crippen LogP contribution in [0.25, 0.3) is 0 Å². The fourth-order valence-corrected chi connectivity index (χ4v) is 2.84. The van der Waals surface area contributed by atoms with E-state index in [2.05, 4.69) is 15.6 Å². The van der Waals surface area contributed by atoms with E-state index in [1.807, 2.05) is 67.5 Å². The van der Waals surface area contributed by atoms with Gasteiger partial charge in [-0.2, -0.15) is 0 Å². The molecule has 0 aliphatic carbocycles. The van der Waals surface area contributed by atoms with Gasteiger partial charge in [-0.25, -0.2) is 0 Å². The Morgan fingerprint density at radius 1 is 1.00 bits per heavy atom. The van der Waals surface area contributed by atoms with Gasteiger partial charge in [-0.1, -0.05) is 23.7 Å². The zero-order chi connectivity index (χ0) is 19.9. The lowest BCUT2D eigenvalue weighted by atomic mass is 10.1. The quantitative estimate of drug-likeness (QED) is 0.609. The molecule has 0 aliphatic heterocycles. The number of pyridine rings is 1. The van der Waals surface area contributed by atoms with Crippen LogP contribution in [0.1, 0.15) is 15.9 Å². The first-order chi connectivity index (χ1) is 13.5. The molecule has 1 aromatic heterocycles. The summed E-state index contributed by atoms with van der Waals surface area (Å²) in [6, 6.07) is 17.3. The summed E-state index contributed by atoms with van der Waals surface area (Å²) in [5.74, 6) is -0.188. The molecule has 3 rings (SSSR count). The minimum atomic E-state index is -0.188. The number of benzene rings is 2. The summed E-state index contributed by atoms with van der Waals surface area (Å²) in [7, 11) is 3.95. The van der Waals surface area contributed by atoms with Gasteiger partial charge in [-0.3, -0.25) is 9.78 Å². The highest BCUT2D eigenvalue weighted by Gasteiger charge is 2.08. The Morgan fingerprint density at radius 3 is 2.39 bits per heavy atom. The number of anilines is 3. The van der Waals surface area contributed by atoms with Crippen LogP contribution in [0.2, 0.25) is 5.02 Å². The normalized spacial score (nSPS) is 10.4. The Balaban J connectivity index is 1.57. The summed E-state index contributed by atoms with van der Waals surface area (Å²) in [4.78, 5) is 18.7. The van der Waals surface area contributed by atoms with Crippen LogP contribution < -0.4 is 15.5 Å². The molecule has 0 saturated carbocycles. The Labute approximate surface area is 170 Å². The number of aromatic nitrogens is 1. The number of nitrogens with zero attached hydrogens (tertiary/aromatic N) is 2. The van der Waals surface area contributed by atoms with Gasteiger partial charge in [0, 0.05) is 49.4 Å². The molecule has 0 unspecified atom stereocenters. The SMILES string of the molecule is CN(C)c1ccc(NC(=O)c2cncc(NCCc3ccc(Cl)cc3)c2)cc1. The fourth-order valence-electron chi connectivity index (χ4n) is 2.71. The number of rotatable bonds is 7. The smallest absolute Gasteiger partial charge is 0.257 e. The predicted octanol–water partition coefficient (Wildman–Crippen LogP) is 4.71. The summed E-state index contributed by atoms with van der Waals surface area (Å²) in [5, 5.41) is 6.94. The molecule has 0 radical (unpaired) electrons. The lowest BCUT2D eigenvalue weighted by molar-refractivity contribution is 0.102. The zero-order valence-corrected chi connectivity index (χ0v) is 16.7. The average Bonchev–Trinajstić information content (AvgIpc) is 2.70. The fraction of sp³-hybridized carbons (Fsp3) is 0.182. The van der Waals surface area contributed by atoms with Crippen molar-refractivity contribution in [3.05, 3.63) is 83.1 Å². The third kappa shape index (κ3) is 5.47. The Morgan fingerprint density at radius 2 is 1.71 bits per heavy atom. The molecule has 144 valence electrons. The molecule has 3 aromatic rings. The van der Waals surface area contributed by atoms with Crippen molar-refractivity contribution in [3.8, 4) is 0 Å². The number of amides is 1. The lowest BCUT2D eigenvalue weighted by Gasteiger charge is -2.13. The molecule has 1 heterocycles. The van der Waals surface area contributed by atoms with E-state index in [4.69, 9.17) is 11.6 Å². The second-order valence-corrected chi connectivity index (χ2v) is 7.10. The van der Waals surface area contributed by atoms with Crippen molar-refractivity contribution in [3.63, 3.8) is 0 Å². The topological polar surface area (TPSA) is 57.3 Å². The molecule has 0 aliphatic rings. The molecule has 28 heavy (non-hydrogen) atoms. The molecule has 5 nitrogen and oxygen atoms in total. The average molecular weight is 395 g/mol. The molecule has 2 N–H and O–H groups in total. The van der Waals surface area contributed by atoms with E-state index in [1.165, 1.54) is 5.56 Å². The highest BCUT2D eigenvalue weighted by atomic mass is 35.5. The first kappa shape index (κ1) is 19.7. The van der Waals surface area contributed by atoms with Gasteiger partial charge in [0.15, 0.2) is 0 Å². The van der Waals surface area contributed by atoms with Gasteiger partial charge in [-0.05, 0) is 54.4 Å². The van der Waals surface area contributed by atoms with Crippen LogP contribution in [0.5, 0.6) is 0 Å². The number of hydrogen-bond donors (Lipinski definition) is 2. The molecular formula is C22H23ClN4O. The van der Waals surface area contributed by atoms with Crippen LogP contribution in [0.3, 0.4) is 0 Å². The van der Waals surface area contributed by atoms with Crippen molar-refractivity contribution in [1.82, 2.24) is 4.98 Å². The molecule has 0 atom stereocenters. The lowest BCUT2D eigenvalue weighted by Crippen LogP contribution is -2.14. The number of carbonyl (C=O) groups is 1. The van der Waals surface area contributed by atoms with Gasteiger partial charge in [0.05, 0.1) is 11.3 Å². The largest absolute Gasteiger partial charge is 0.383 e. The zero-order valence-electron chi connectivity index (χ0n) is 15.9. The number of halogens is 1. The van der Waals surface area contributed by atoms with Crippen molar-refractivity contribution in [2.24, 2.45) is 0 Å². The summed E-state index contributed by atoms with van der Waals surface area (Å²) < 4.78 is 0. The van der Waals surface area contributed by atoms with Crippen molar-refractivity contribution in [1.29, 1.82) is 0 Å². The monoisotopic (exact) mass is 394 g/mol. The van der Waals surface area contributed by atoms with Crippen molar-refractivity contribution in [2.45, 2.75) is 6.42 Å². The number of carbonyl (C=O) groups excluding carboxylic acids is 1. The maximum absolute atomic E-state index is 12.5. The van der Waals surface area contributed by atoms with Crippen LogP contribution in [0.4, 0.5) is 17.1 Å². The Bertz CT molecular complexity index is 924. The van der Waals surface area contributed by atoms with Gasteiger partial charge >= 0.3 is 0 Å². The Kier molecular flexibility index (Phi) is 6.50. The summed E-state index contributed by atoms with van der Waals surface area (Å²) >= 11 is 5.90. The van der Waals surface area contributed by atoms with Gasteiger partial charge in [0.2, 0.25) is 0 Å². The summed E-state index contributed by atoms with van der Waals surface area (Å²) in [6.07, 6.45) is 4.13. The predicted molar refractivity (Wildman–Crippen MR) is 117 cm³/mol. The second-order valence-electron chi connectivity index (χ2n) is 6.66. The van der Waals surface area contributed by atoms with Gasteiger partial charge in [0.1, 0.15) is 0 Å². The van der Waals surface area contributed by atoms with E-state index in [-0.39, 0.29) is 5.91 Å². The van der Waals surface area contributed by atoms with E-state index in [9.17, 15) is 4.79 Å². The van der Waals surface area contributed by atoms with Crippen LogP contribution in [-0.4, -0.2) is 31.5 Å². The first-order valence-electron chi connectivity index (χ1n) is 9.03. The summed E-state index contributed by atoms with van der Waals surface area (Å²) in [6.45, 7) is 0.736. The van der Waals surface area contributed by atoms with E-state index in [1.54, 1.807) is 18.5 Å². The number of hydrogen-bond acceptors (Lipinski definition) is 4. The highest BCUT2D eigenvalue weighted by molar-refractivity contribution is 6.30. The molecule has 6 heteroatoms. The van der Waals surface area contributed by atoms with Crippen LogP contribution in [0, 0.1) is 0 Å². The maximum atomic E-state index is 12.5. The van der Waals surface area contributed by atoms with E-state index in [0.717, 1.165) is 35.1 Å². The standard InChI is InChI=1S/C22H23ClN4O/c1-27(2)21-9-7-19(8-10-21)26-22(28)17-13-20(15-24-14-17)25-12-11-16-3-5-18(23)6-4-16/h3-10,13-15,25H,11-12H2,1-2H3,(H,26,28).